The van der Waals surface area contributed by atoms with Crippen LogP contribution in [0.1, 0.15) is 17.5 Å². The third kappa shape index (κ3) is 2.85. The summed E-state index contributed by atoms with van der Waals surface area (Å²) in [5, 5.41) is 12.0. The first-order valence-corrected chi connectivity index (χ1v) is 8.08. The summed E-state index contributed by atoms with van der Waals surface area (Å²) in [5.41, 5.74) is 1.06. The SMILES string of the molecule is CNCC1CCN(S(=O)(=O)c2cc(C#N)ccc2C)C1. The van der Waals surface area contributed by atoms with Crippen molar-refractivity contribution < 1.29 is 8.42 Å². The smallest absolute Gasteiger partial charge is 0.243 e. The third-order valence-electron chi connectivity index (χ3n) is 3.68. The number of sulfonamides is 1. The molecule has 0 bridgehead atoms. The van der Waals surface area contributed by atoms with Crippen molar-refractivity contribution in [3.8, 4) is 6.07 Å². The monoisotopic (exact) mass is 293 g/mol. The Morgan fingerprint density at radius 1 is 1.50 bits per heavy atom. The minimum atomic E-state index is -3.50. The molecule has 1 aliphatic heterocycles. The highest BCUT2D eigenvalue weighted by Crippen LogP contribution is 2.26. The molecule has 0 amide bonds. The van der Waals surface area contributed by atoms with Gasteiger partial charge in [0.15, 0.2) is 0 Å². The average molecular weight is 293 g/mol. The third-order valence-corrected chi connectivity index (χ3v) is 5.68. The van der Waals surface area contributed by atoms with Crippen LogP contribution in [0.3, 0.4) is 0 Å². The van der Waals surface area contributed by atoms with Crippen LogP contribution in [0.5, 0.6) is 0 Å². The molecule has 1 unspecified atom stereocenters. The van der Waals surface area contributed by atoms with Crippen LogP contribution in [0.15, 0.2) is 23.1 Å². The largest absolute Gasteiger partial charge is 0.319 e. The van der Waals surface area contributed by atoms with Crippen molar-refractivity contribution in [2.75, 3.05) is 26.7 Å². The van der Waals surface area contributed by atoms with Crippen LogP contribution in [-0.4, -0.2) is 39.4 Å². The van der Waals surface area contributed by atoms with Gasteiger partial charge < -0.3 is 5.32 Å². The van der Waals surface area contributed by atoms with E-state index in [-0.39, 0.29) is 4.90 Å². The summed E-state index contributed by atoms with van der Waals surface area (Å²) < 4.78 is 26.9. The second-order valence-electron chi connectivity index (χ2n) is 5.17. The van der Waals surface area contributed by atoms with Crippen LogP contribution in [0.2, 0.25) is 0 Å². The predicted octanol–water partition coefficient (Wildman–Crippen LogP) is 1.10. The second kappa shape index (κ2) is 5.92. The summed E-state index contributed by atoms with van der Waals surface area (Å²) in [6.45, 7) is 3.67. The number of aryl methyl sites for hydroxylation is 1. The van der Waals surface area contributed by atoms with Gasteiger partial charge in [0.2, 0.25) is 10.0 Å². The number of nitrogens with one attached hydrogen (secondary N) is 1. The van der Waals surface area contributed by atoms with Crippen molar-refractivity contribution in [2.45, 2.75) is 18.2 Å². The molecular weight excluding hydrogens is 274 g/mol. The highest BCUT2D eigenvalue weighted by Gasteiger charge is 2.33. The molecule has 108 valence electrons. The molecule has 6 heteroatoms. The van der Waals surface area contributed by atoms with Crippen molar-refractivity contribution in [1.82, 2.24) is 9.62 Å². The summed E-state index contributed by atoms with van der Waals surface area (Å²) in [6, 6.07) is 6.79. The molecular formula is C14H19N3O2S. The summed E-state index contributed by atoms with van der Waals surface area (Å²) in [5.74, 6) is 0.356. The molecule has 20 heavy (non-hydrogen) atoms. The molecule has 5 nitrogen and oxygen atoms in total. The fourth-order valence-electron chi connectivity index (χ4n) is 2.56. The fourth-order valence-corrected chi connectivity index (χ4v) is 4.34. The highest BCUT2D eigenvalue weighted by molar-refractivity contribution is 7.89. The number of nitriles is 1. The quantitative estimate of drug-likeness (QED) is 0.902. The Morgan fingerprint density at radius 2 is 2.25 bits per heavy atom. The van der Waals surface area contributed by atoms with Gasteiger partial charge in [-0.2, -0.15) is 9.57 Å². The lowest BCUT2D eigenvalue weighted by Crippen LogP contribution is -2.31. The minimum absolute atomic E-state index is 0.252. The van der Waals surface area contributed by atoms with Gasteiger partial charge in [0, 0.05) is 13.1 Å². The molecule has 0 aliphatic carbocycles. The fraction of sp³-hybridized carbons (Fsp3) is 0.500. The van der Waals surface area contributed by atoms with Gasteiger partial charge in [-0.25, -0.2) is 8.42 Å². The van der Waals surface area contributed by atoms with Crippen molar-refractivity contribution in [3.05, 3.63) is 29.3 Å². The van der Waals surface area contributed by atoms with Crippen LogP contribution in [-0.2, 0) is 10.0 Å². The lowest BCUT2D eigenvalue weighted by Gasteiger charge is -2.18. The van der Waals surface area contributed by atoms with Crippen LogP contribution < -0.4 is 5.32 Å². The van der Waals surface area contributed by atoms with Crippen molar-refractivity contribution in [3.63, 3.8) is 0 Å². The number of rotatable bonds is 4. The number of benzene rings is 1. The van der Waals surface area contributed by atoms with Gasteiger partial charge in [-0.3, -0.25) is 0 Å². The lowest BCUT2D eigenvalue weighted by atomic mass is 10.1. The van der Waals surface area contributed by atoms with Crippen LogP contribution in [0.25, 0.3) is 0 Å². The first-order valence-electron chi connectivity index (χ1n) is 6.64. The predicted molar refractivity (Wildman–Crippen MR) is 76.7 cm³/mol. The van der Waals surface area contributed by atoms with Gasteiger partial charge in [0.1, 0.15) is 0 Å². The Labute approximate surface area is 120 Å². The molecule has 1 atom stereocenters. The topological polar surface area (TPSA) is 73.2 Å². The summed E-state index contributed by atoms with van der Waals surface area (Å²) >= 11 is 0. The van der Waals surface area contributed by atoms with Crippen LogP contribution >= 0.6 is 0 Å². The Balaban J connectivity index is 2.30. The molecule has 1 aromatic carbocycles. The first kappa shape index (κ1) is 15.0. The maximum Gasteiger partial charge on any atom is 0.243 e. The van der Waals surface area contributed by atoms with E-state index in [1.807, 2.05) is 13.1 Å². The van der Waals surface area contributed by atoms with Crippen molar-refractivity contribution >= 4 is 10.0 Å². The number of nitrogens with zero attached hydrogens (tertiary/aromatic N) is 2. The second-order valence-corrected chi connectivity index (χ2v) is 7.07. The molecule has 1 N–H and O–H groups in total. The van der Waals surface area contributed by atoms with Gasteiger partial charge in [0.05, 0.1) is 16.5 Å². The lowest BCUT2D eigenvalue weighted by molar-refractivity contribution is 0.451. The van der Waals surface area contributed by atoms with Gasteiger partial charge in [-0.1, -0.05) is 6.07 Å². The van der Waals surface area contributed by atoms with E-state index in [4.69, 9.17) is 5.26 Å². The zero-order chi connectivity index (χ0) is 14.8. The molecule has 1 saturated heterocycles. The summed E-state index contributed by atoms with van der Waals surface area (Å²) in [7, 11) is -1.63. The van der Waals surface area contributed by atoms with Crippen molar-refractivity contribution in [2.24, 2.45) is 5.92 Å². The van der Waals surface area contributed by atoms with E-state index in [0.29, 0.717) is 30.1 Å². The van der Waals surface area contributed by atoms with Gasteiger partial charge in [-0.05, 0) is 50.6 Å². The molecule has 1 aromatic rings. The first-order chi connectivity index (χ1) is 9.48. The van der Waals surface area contributed by atoms with Gasteiger partial charge in [0.25, 0.3) is 0 Å². The van der Waals surface area contributed by atoms with E-state index < -0.39 is 10.0 Å². The maximum atomic E-state index is 12.7. The molecule has 0 saturated carbocycles. The molecule has 1 heterocycles. The normalized spacial score (nSPS) is 19.9. The van der Waals surface area contributed by atoms with E-state index in [9.17, 15) is 8.42 Å². The Kier molecular flexibility index (Phi) is 4.43. The molecule has 2 rings (SSSR count). The molecule has 1 fully saturated rings. The summed E-state index contributed by atoms with van der Waals surface area (Å²) in [4.78, 5) is 0.252. The summed E-state index contributed by atoms with van der Waals surface area (Å²) in [6.07, 6.45) is 0.872. The Hall–Kier alpha value is -1.42. The van der Waals surface area contributed by atoms with Crippen LogP contribution in [0, 0.1) is 24.2 Å². The minimum Gasteiger partial charge on any atom is -0.319 e. The molecule has 0 aromatic heterocycles. The molecule has 0 spiro atoms. The van der Waals surface area contributed by atoms with E-state index in [0.717, 1.165) is 13.0 Å². The molecule has 1 aliphatic rings. The van der Waals surface area contributed by atoms with E-state index in [1.165, 1.54) is 10.4 Å². The zero-order valence-electron chi connectivity index (χ0n) is 11.8. The number of hydrogen-bond donors (Lipinski definition) is 1. The van der Waals surface area contributed by atoms with Gasteiger partial charge in [-0.15, -0.1) is 0 Å². The van der Waals surface area contributed by atoms with Crippen LogP contribution in [0.4, 0.5) is 0 Å². The van der Waals surface area contributed by atoms with E-state index >= 15 is 0 Å². The average Bonchev–Trinajstić information content (AvgIpc) is 2.89. The molecule has 0 radical (unpaired) electrons. The standard InChI is InChI=1S/C14H19N3O2S/c1-11-3-4-12(8-15)7-14(11)20(18,19)17-6-5-13(10-17)9-16-2/h3-4,7,13,16H,5-6,9-10H2,1-2H3. The maximum absolute atomic E-state index is 12.7. The number of hydrogen-bond acceptors (Lipinski definition) is 4. The van der Waals surface area contributed by atoms with Gasteiger partial charge >= 0.3 is 0 Å². The van der Waals surface area contributed by atoms with Crippen molar-refractivity contribution in [1.29, 1.82) is 5.26 Å². The Morgan fingerprint density at radius 3 is 2.90 bits per heavy atom. The Bertz CT molecular complexity index is 634. The van der Waals surface area contributed by atoms with E-state index in [1.54, 1.807) is 19.1 Å². The van der Waals surface area contributed by atoms with E-state index in [2.05, 4.69) is 5.32 Å². The highest BCUT2D eigenvalue weighted by atomic mass is 32.2. The zero-order valence-corrected chi connectivity index (χ0v) is 12.6.